The highest BCUT2D eigenvalue weighted by Crippen LogP contribution is 2.18. The van der Waals surface area contributed by atoms with Gasteiger partial charge in [0, 0.05) is 39.8 Å². The molecule has 1 heterocycles. The normalized spacial score (nSPS) is 14.1. The van der Waals surface area contributed by atoms with Gasteiger partial charge in [0.15, 0.2) is 0 Å². The summed E-state index contributed by atoms with van der Waals surface area (Å²) in [5, 5.41) is 11.4. The van der Waals surface area contributed by atoms with E-state index >= 15 is 0 Å². The Bertz CT molecular complexity index is 536. The summed E-state index contributed by atoms with van der Waals surface area (Å²) < 4.78 is 11.0. The molecule has 0 aliphatic carbocycles. The Labute approximate surface area is 124 Å². The minimum Gasteiger partial charge on any atom is -0.478 e. The fraction of sp³-hybridized carbons (Fsp3) is 0.385. The second-order valence-electron chi connectivity index (χ2n) is 4.31. The number of rotatable bonds is 7. The highest BCUT2D eigenvalue weighted by Gasteiger charge is 2.12. The Morgan fingerprint density at radius 3 is 2.80 bits per heavy atom. The number of hydrogen-bond donors (Lipinski definition) is 2. The van der Waals surface area contributed by atoms with Gasteiger partial charge in [0.05, 0.1) is 4.88 Å². The van der Waals surface area contributed by atoms with Crippen molar-refractivity contribution in [2.75, 3.05) is 12.0 Å². The molecule has 20 heavy (non-hydrogen) atoms. The van der Waals surface area contributed by atoms with Crippen LogP contribution in [-0.2, 0) is 15.6 Å². The van der Waals surface area contributed by atoms with Gasteiger partial charge in [-0.1, -0.05) is 0 Å². The fourth-order valence-electron chi connectivity index (χ4n) is 1.43. The highest BCUT2D eigenvalue weighted by atomic mass is 32.2. The van der Waals surface area contributed by atoms with Crippen LogP contribution in [0.3, 0.4) is 0 Å². The lowest BCUT2D eigenvalue weighted by molar-refractivity contribution is -0.131. The fourth-order valence-corrected chi connectivity index (χ4v) is 2.93. The van der Waals surface area contributed by atoms with Crippen molar-refractivity contribution in [1.29, 1.82) is 0 Å². The molecule has 7 heteroatoms. The molecule has 1 amide bonds. The van der Waals surface area contributed by atoms with Crippen molar-refractivity contribution in [3.8, 4) is 0 Å². The van der Waals surface area contributed by atoms with E-state index in [1.54, 1.807) is 18.4 Å². The van der Waals surface area contributed by atoms with Gasteiger partial charge in [-0.2, -0.15) is 0 Å². The van der Waals surface area contributed by atoms with Crippen LogP contribution < -0.4 is 5.32 Å². The van der Waals surface area contributed by atoms with E-state index in [1.165, 1.54) is 17.4 Å². The largest absolute Gasteiger partial charge is 0.478 e. The molecule has 0 aliphatic rings. The van der Waals surface area contributed by atoms with E-state index < -0.39 is 16.8 Å². The molecule has 0 radical (unpaired) electrons. The lowest BCUT2D eigenvalue weighted by Crippen LogP contribution is -2.33. The van der Waals surface area contributed by atoms with Crippen LogP contribution in [0.15, 0.2) is 18.2 Å². The first kappa shape index (κ1) is 16.6. The molecule has 0 fully saturated rings. The van der Waals surface area contributed by atoms with E-state index in [-0.39, 0.29) is 11.9 Å². The molecule has 2 unspecified atom stereocenters. The third kappa shape index (κ3) is 6.12. The standard InChI is InChI=1S/C13H17NO4S2/c1-9(7-8-20(2)18)14-13(17)11-5-3-10(19-11)4-6-12(15)16/h3-6,9H,7-8H2,1-2H3,(H,14,17)(H,15,16)/b6-4+. The first-order valence-corrected chi connectivity index (χ1v) is 8.54. The van der Waals surface area contributed by atoms with Gasteiger partial charge in [0.25, 0.3) is 5.91 Å². The van der Waals surface area contributed by atoms with E-state index in [0.717, 1.165) is 6.08 Å². The summed E-state index contributed by atoms with van der Waals surface area (Å²) >= 11 is 1.23. The highest BCUT2D eigenvalue weighted by molar-refractivity contribution is 7.84. The Morgan fingerprint density at radius 2 is 2.20 bits per heavy atom. The van der Waals surface area contributed by atoms with Crippen LogP contribution in [-0.4, -0.2) is 39.2 Å². The molecule has 2 N–H and O–H groups in total. The van der Waals surface area contributed by atoms with Crippen LogP contribution in [0.25, 0.3) is 6.08 Å². The van der Waals surface area contributed by atoms with Gasteiger partial charge < -0.3 is 10.4 Å². The molecular weight excluding hydrogens is 298 g/mol. The molecule has 0 saturated carbocycles. The Hall–Kier alpha value is -1.47. The van der Waals surface area contributed by atoms with Crippen LogP contribution in [0, 0.1) is 0 Å². The first-order chi connectivity index (χ1) is 9.38. The van der Waals surface area contributed by atoms with Gasteiger partial charge in [-0.05, 0) is 31.6 Å². The molecule has 0 bridgehead atoms. The quantitative estimate of drug-likeness (QED) is 0.751. The summed E-state index contributed by atoms with van der Waals surface area (Å²) in [6.45, 7) is 1.86. The van der Waals surface area contributed by atoms with Crippen molar-refractivity contribution in [3.05, 3.63) is 28.0 Å². The zero-order valence-electron chi connectivity index (χ0n) is 11.3. The molecular formula is C13H17NO4S2. The number of hydrogen-bond acceptors (Lipinski definition) is 4. The van der Waals surface area contributed by atoms with Crippen LogP contribution in [0.2, 0.25) is 0 Å². The summed E-state index contributed by atoms with van der Waals surface area (Å²) in [5.41, 5.74) is 0. The number of amides is 1. The molecule has 5 nitrogen and oxygen atoms in total. The predicted octanol–water partition coefficient (Wildman–Crippen LogP) is 1.73. The second kappa shape index (κ2) is 7.96. The summed E-state index contributed by atoms with van der Waals surface area (Å²) in [4.78, 5) is 23.6. The minimum atomic E-state index is -1.02. The summed E-state index contributed by atoms with van der Waals surface area (Å²) in [7, 11) is -0.862. The third-order valence-electron chi connectivity index (χ3n) is 2.46. The second-order valence-corrected chi connectivity index (χ2v) is 6.98. The van der Waals surface area contributed by atoms with Crippen molar-refractivity contribution < 1.29 is 18.9 Å². The minimum absolute atomic E-state index is 0.0495. The summed E-state index contributed by atoms with van der Waals surface area (Å²) in [6, 6.07) is 3.31. The zero-order chi connectivity index (χ0) is 15.1. The first-order valence-electron chi connectivity index (χ1n) is 6.00. The molecule has 0 aliphatic heterocycles. The number of nitrogens with one attached hydrogen (secondary N) is 1. The van der Waals surface area contributed by atoms with Crippen molar-refractivity contribution in [3.63, 3.8) is 0 Å². The summed E-state index contributed by atoms with van der Waals surface area (Å²) in [6.07, 6.45) is 4.78. The van der Waals surface area contributed by atoms with Gasteiger partial charge in [-0.3, -0.25) is 9.00 Å². The average molecular weight is 315 g/mol. The van der Waals surface area contributed by atoms with E-state index in [1.807, 2.05) is 6.92 Å². The van der Waals surface area contributed by atoms with Crippen molar-refractivity contribution in [2.24, 2.45) is 0 Å². The zero-order valence-corrected chi connectivity index (χ0v) is 12.9. The maximum atomic E-state index is 11.9. The monoisotopic (exact) mass is 315 g/mol. The van der Waals surface area contributed by atoms with Crippen LogP contribution in [0.4, 0.5) is 0 Å². The van der Waals surface area contributed by atoms with Gasteiger partial charge in [0.2, 0.25) is 0 Å². The molecule has 0 aromatic carbocycles. The van der Waals surface area contributed by atoms with Crippen molar-refractivity contribution >= 4 is 40.1 Å². The van der Waals surface area contributed by atoms with Gasteiger partial charge in [-0.25, -0.2) is 4.79 Å². The lowest BCUT2D eigenvalue weighted by atomic mass is 10.2. The number of carbonyl (C=O) groups is 2. The maximum absolute atomic E-state index is 11.9. The van der Waals surface area contributed by atoms with E-state index in [0.29, 0.717) is 21.9 Å². The van der Waals surface area contributed by atoms with Crippen molar-refractivity contribution in [1.82, 2.24) is 5.32 Å². The number of aliphatic carboxylic acids is 1. The van der Waals surface area contributed by atoms with Gasteiger partial charge in [-0.15, -0.1) is 11.3 Å². The number of carboxylic acid groups (broad SMARTS) is 1. The molecule has 110 valence electrons. The predicted molar refractivity (Wildman–Crippen MR) is 81.5 cm³/mol. The summed E-state index contributed by atoms with van der Waals surface area (Å²) in [5.74, 6) is -0.664. The average Bonchev–Trinajstić information content (AvgIpc) is 2.82. The molecule has 2 atom stereocenters. The van der Waals surface area contributed by atoms with E-state index in [4.69, 9.17) is 5.11 Å². The SMILES string of the molecule is CC(CCS(C)=O)NC(=O)c1ccc(/C=C/C(=O)O)s1. The van der Waals surface area contributed by atoms with Crippen molar-refractivity contribution in [2.45, 2.75) is 19.4 Å². The van der Waals surface area contributed by atoms with Crippen LogP contribution in [0.5, 0.6) is 0 Å². The molecule has 1 rings (SSSR count). The Morgan fingerprint density at radius 1 is 1.50 bits per heavy atom. The molecule has 1 aromatic heterocycles. The van der Waals surface area contributed by atoms with Gasteiger partial charge in [0.1, 0.15) is 0 Å². The molecule has 1 aromatic rings. The molecule has 0 spiro atoms. The van der Waals surface area contributed by atoms with Crippen LogP contribution in [0.1, 0.15) is 27.9 Å². The Kier molecular flexibility index (Phi) is 6.60. The van der Waals surface area contributed by atoms with Gasteiger partial charge >= 0.3 is 5.97 Å². The smallest absolute Gasteiger partial charge is 0.328 e. The van der Waals surface area contributed by atoms with E-state index in [9.17, 15) is 13.8 Å². The van der Waals surface area contributed by atoms with E-state index in [2.05, 4.69) is 5.32 Å². The Balaban J connectivity index is 2.55. The number of carbonyl (C=O) groups excluding carboxylic acids is 1. The topological polar surface area (TPSA) is 83.5 Å². The number of thiophene rings is 1. The van der Waals surface area contributed by atoms with Crippen LogP contribution >= 0.6 is 11.3 Å². The lowest BCUT2D eigenvalue weighted by Gasteiger charge is -2.11. The third-order valence-corrected chi connectivity index (χ3v) is 4.32. The molecule has 0 saturated heterocycles. The maximum Gasteiger partial charge on any atom is 0.328 e. The number of carboxylic acids is 1.